The lowest BCUT2D eigenvalue weighted by Gasteiger charge is -2.16. The van der Waals surface area contributed by atoms with Crippen LogP contribution in [0.1, 0.15) is 31.9 Å². The first-order valence-corrected chi connectivity index (χ1v) is 14.7. The summed E-state index contributed by atoms with van der Waals surface area (Å²) in [5.74, 6) is 1.79. The number of aromatic nitrogens is 3. The third-order valence-electron chi connectivity index (χ3n) is 7.43. The molecule has 0 saturated carbocycles. The average molecular weight is 548 g/mol. The molecule has 5 aromatic carbocycles. The second kappa shape index (κ2) is 11.5. The number of benzene rings is 5. The first kappa shape index (κ1) is 27.3. The molecule has 0 saturated heterocycles. The number of hydrogen-bond acceptors (Lipinski definition) is 1. The van der Waals surface area contributed by atoms with E-state index in [2.05, 4.69) is 164 Å². The number of imidazole rings is 1. The van der Waals surface area contributed by atoms with Gasteiger partial charge >= 0.3 is 0 Å². The van der Waals surface area contributed by atoms with E-state index in [9.17, 15) is 0 Å². The van der Waals surface area contributed by atoms with E-state index >= 15 is 0 Å². The highest BCUT2D eigenvalue weighted by atomic mass is 15.1. The van der Waals surface area contributed by atoms with Crippen LogP contribution in [0.5, 0.6) is 0 Å². The van der Waals surface area contributed by atoms with Crippen LogP contribution >= 0.6 is 0 Å². The summed E-state index contributed by atoms with van der Waals surface area (Å²) in [6, 6.07) is 41.1. The Morgan fingerprint density at radius 2 is 1.17 bits per heavy atom. The monoisotopic (exact) mass is 547 g/mol. The van der Waals surface area contributed by atoms with Crippen LogP contribution in [0, 0.1) is 19.8 Å². The van der Waals surface area contributed by atoms with Crippen molar-refractivity contribution in [3.63, 3.8) is 0 Å². The van der Waals surface area contributed by atoms with E-state index in [1.807, 2.05) is 12.3 Å². The van der Waals surface area contributed by atoms with Crippen molar-refractivity contribution in [2.45, 2.75) is 34.6 Å². The van der Waals surface area contributed by atoms with Gasteiger partial charge in [0.25, 0.3) is 0 Å². The predicted molar refractivity (Wildman–Crippen MR) is 179 cm³/mol. The Kier molecular flexibility index (Phi) is 7.50. The summed E-state index contributed by atoms with van der Waals surface area (Å²) < 4.78 is 4.57. The molecule has 0 aliphatic heterocycles. The molecule has 0 spiro atoms. The Balaban J connectivity index is 0.000000744. The number of aryl methyl sites for hydroxylation is 2. The summed E-state index contributed by atoms with van der Waals surface area (Å²) in [6.45, 7) is 10.9. The molecule has 0 N–H and O–H groups in total. The van der Waals surface area contributed by atoms with Crippen molar-refractivity contribution >= 4 is 21.8 Å². The SMILES string of the molecule is CC(C)C.Cc1cc(-c2ccc3c(c2)c2ccccc2n3-c2ccccc2)cc(C)c1-n1ccnc1-c1ccccc1. The predicted octanol–water partition coefficient (Wildman–Crippen LogP) is 10.6. The third-order valence-corrected chi connectivity index (χ3v) is 7.43. The van der Waals surface area contributed by atoms with Crippen molar-refractivity contribution < 1.29 is 0 Å². The van der Waals surface area contributed by atoms with E-state index < -0.39 is 0 Å². The van der Waals surface area contributed by atoms with Crippen LogP contribution in [-0.2, 0) is 0 Å². The van der Waals surface area contributed by atoms with Crippen molar-refractivity contribution in [3.05, 3.63) is 139 Å². The van der Waals surface area contributed by atoms with Gasteiger partial charge in [0.05, 0.1) is 16.7 Å². The molecule has 2 heterocycles. The Hall–Kier alpha value is -4.89. The quantitative estimate of drug-likeness (QED) is 0.215. The fourth-order valence-electron chi connectivity index (χ4n) is 5.79. The lowest BCUT2D eigenvalue weighted by atomic mass is 9.97. The van der Waals surface area contributed by atoms with E-state index in [4.69, 9.17) is 0 Å². The fraction of sp³-hybridized carbons (Fsp3) is 0.154. The van der Waals surface area contributed by atoms with Crippen LogP contribution in [0.3, 0.4) is 0 Å². The molecule has 0 atom stereocenters. The zero-order chi connectivity index (χ0) is 29.2. The Morgan fingerprint density at radius 1 is 0.571 bits per heavy atom. The smallest absolute Gasteiger partial charge is 0.144 e. The van der Waals surface area contributed by atoms with Gasteiger partial charge in [-0.05, 0) is 84.5 Å². The molecule has 208 valence electrons. The molecule has 3 heteroatoms. The van der Waals surface area contributed by atoms with Crippen molar-refractivity contribution in [2.75, 3.05) is 0 Å². The molecule has 3 nitrogen and oxygen atoms in total. The van der Waals surface area contributed by atoms with Gasteiger partial charge in [0.2, 0.25) is 0 Å². The zero-order valence-corrected chi connectivity index (χ0v) is 25.0. The van der Waals surface area contributed by atoms with Crippen molar-refractivity contribution in [1.82, 2.24) is 14.1 Å². The number of hydrogen-bond donors (Lipinski definition) is 0. The maximum atomic E-state index is 4.68. The minimum Gasteiger partial charge on any atom is -0.309 e. The topological polar surface area (TPSA) is 22.8 Å². The number of para-hydroxylation sites is 2. The van der Waals surface area contributed by atoms with Crippen molar-refractivity contribution in [2.24, 2.45) is 5.92 Å². The highest BCUT2D eigenvalue weighted by Gasteiger charge is 2.16. The Bertz CT molecular complexity index is 1950. The molecule has 0 aliphatic carbocycles. The minimum atomic E-state index is 0.833. The first-order valence-electron chi connectivity index (χ1n) is 14.7. The largest absolute Gasteiger partial charge is 0.309 e. The highest BCUT2D eigenvalue weighted by Crippen LogP contribution is 2.36. The second-order valence-electron chi connectivity index (χ2n) is 11.6. The lowest BCUT2D eigenvalue weighted by Crippen LogP contribution is -2.02. The van der Waals surface area contributed by atoms with E-state index in [0.717, 1.165) is 17.3 Å². The van der Waals surface area contributed by atoms with Crippen molar-refractivity contribution in [1.29, 1.82) is 0 Å². The summed E-state index contributed by atoms with van der Waals surface area (Å²) in [5, 5.41) is 2.53. The molecule has 0 aliphatic rings. The molecule has 0 amide bonds. The van der Waals surface area contributed by atoms with Crippen LogP contribution < -0.4 is 0 Å². The molecule has 0 radical (unpaired) electrons. The van der Waals surface area contributed by atoms with Gasteiger partial charge in [0, 0.05) is 34.4 Å². The molecular weight excluding hydrogens is 510 g/mol. The standard InChI is InChI=1S/C35H27N3.C4H10/c1-24-21-28(22-25(2)34(24)37-20-19-36-35(37)26-11-5-3-6-12-26)27-17-18-33-31(23-27)30-15-9-10-16-32(30)38(33)29-13-7-4-8-14-29;1-4(2)3/h3-23H,1-2H3;4H,1-3H3. The molecular formula is C39H37N3. The number of nitrogens with zero attached hydrogens (tertiary/aromatic N) is 3. The van der Waals surface area contributed by atoms with Crippen molar-refractivity contribution in [3.8, 4) is 33.9 Å². The summed E-state index contributed by atoms with van der Waals surface area (Å²) in [7, 11) is 0. The highest BCUT2D eigenvalue weighted by molar-refractivity contribution is 6.10. The van der Waals surface area contributed by atoms with E-state index in [1.54, 1.807) is 0 Å². The van der Waals surface area contributed by atoms with Crippen LogP contribution in [0.2, 0.25) is 0 Å². The summed E-state index contributed by atoms with van der Waals surface area (Å²) in [6.07, 6.45) is 3.94. The van der Waals surface area contributed by atoms with Gasteiger partial charge in [-0.3, -0.25) is 4.57 Å². The van der Waals surface area contributed by atoms with Crippen LogP contribution in [0.4, 0.5) is 0 Å². The molecule has 0 fully saturated rings. The molecule has 7 rings (SSSR count). The third kappa shape index (κ3) is 5.14. The average Bonchev–Trinajstić information content (AvgIpc) is 3.60. The van der Waals surface area contributed by atoms with Gasteiger partial charge in [-0.15, -0.1) is 0 Å². The van der Waals surface area contributed by atoms with Gasteiger partial charge < -0.3 is 4.57 Å². The van der Waals surface area contributed by atoms with E-state index in [0.29, 0.717) is 0 Å². The first-order chi connectivity index (χ1) is 20.4. The number of rotatable bonds is 4. The Morgan fingerprint density at radius 3 is 1.86 bits per heavy atom. The summed E-state index contributed by atoms with van der Waals surface area (Å²) in [4.78, 5) is 4.68. The Labute approximate surface area is 248 Å². The maximum absolute atomic E-state index is 4.68. The van der Waals surface area contributed by atoms with Gasteiger partial charge in [0.15, 0.2) is 0 Å². The maximum Gasteiger partial charge on any atom is 0.144 e. The molecule has 0 unspecified atom stereocenters. The molecule has 2 aromatic heterocycles. The minimum absolute atomic E-state index is 0.833. The van der Waals surface area contributed by atoms with Crippen LogP contribution in [0.25, 0.3) is 55.7 Å². The second-order valence-corrected chi connectivity index (χ2v) is 11.6. The zero-order valence-electron chi connectivity index (χ0n) is 25.0. The van der Waals surface area contributed by atoms with E-state index in [-0.39, 0.29) is 0 Å². The van der Waals surface area contributed by atoms with Gasteiger partial charge in [-0.1, -0.05) is 93.6 Å². The van der Waals surface area contributed by atoms with Gasteiger partial charge in [0.1, 0.15) is 5.82 Å². The summed E-state index contributed by atoms with van der Waals surface area (Å²) in [5.41, 5.74) is 10.8. The van der Waals surface area contributed by atoms with Crippen LogP contribution in [-0.4, -0.2) is 14.1 Å². The molecule has 42 heavy (non-hydrogen) atoms. The lowest BCUT2D eigenvalue weighted by molar-refractivity contribution is 0.737. The summed E-state index contributed by atoms with van der Waals surface area (Å²) >= 11 is 0. The molecule has 0 bridgehead atoms. The van der Waals surface area contributed by atoms with Gasteiger partial charge in [-0.2, -0.15) is 0 Å². The van der Waals surface area contributed by atoms with Gasteiger partial charge in [-0.25, -0.2) is 4.98 Å². The van der Waals surface area contributed by atoms with E-state index in [1.165, 1.54) is 55.4 Å². The molecule has 7 aromatic rings. The fourth-order valence-corrected chi connectivity index (χ4v) is 5.79. The number of fused-ring (bicyclic) bond motifs is 3. The van der Waals surface area contributed by atoms with Crippen LogP contribution in [0.15, 0.2) is 128 Å². The normalized spacial score (nSPS) is 11.2.